The van der Waals surface area contributed by atoms with Crippen molar-refractivity contribution in [2.75, 3.05) is 0 Å². The average molecular weight is 268 g/mol. The maximum Gasteiger partial charge on any atom is 0.303 e. The molecule has 0 aliphatic carbocycles. The number of carbonyl (C=O) groups is 1. The van der Waals surface area contributed by atoms with Crippen molar-refractivity contribution >= 4 is 5.97 Å². The highest BCUT2D eigenvalue weighted by Crippen LogP contribution is 2.26. The van der Waals surface area contributed by atoms with E-state index in [4.69, 9.17) is 9.52 Å². The molecular formula is C14H24N2O3. The van der Waals surface area contributed by atoms with Crippen molar-refractivity contribution in [2.45, 2.75) is 60.3 Å². The van der Waals surface area contributed by atoms with Crippen LogP contribution in [0.1, 0.15) is 59.2 Å². The van der Waals surface area contributed by atoms with E-state index < -0.39 is 5.97 Å². The molecule has 108 valence electrons. The van der Waals surface area contributed by atoms with Crippen LogP contribution in [0.15, 0.2) is 4.42 Å². The summed E-state index contributed by atoms with van der Waals surface area (Å²) in [6.07, 6.45) is 2.32. The molecule has 0 fully saturated rings. The molecule has 19 heavy (non-hydrogen) atoms. The highest BCUT2D eigenvalue weighted by molar-refractivity contribution is 5.67. The third kappa shape index (κ3) is 6.36. The zero-order chi connectivity index (χ0) is 14.7. The van der Waals surface area contributed by atoms with Crippen molar-refractivity contribution in [3.05, 3.63) is 11.8 Å². The summed E-state index contributed by atoms with van der Waals surface area (Å²) in [5.74, 6) is 0.351. The molecule has 5 heteroatoms. The number of aliphatic carboxylic acids is 1. The minimum Gasteiger partial charge on any atom is -0.481 e. The van der Waals surface area contributed by atoms with Gasteiger partial charge in [-0.05, 0) is 17.3 Å². The van der Waals surface area contributed by atoms with Crippen LogP contribution in [0.4, 0.5) is 0 Å². The number of nitrogens with zero attached hydrogens (tertiary/aromatic N) is 2. The van der Waals surface area contributed by atoms with Gasteiger partial charge in [-0.3, -0.25) is 4.79 Å². The van der Waals surface area contributed by atoms with Gasteiger partial charge in [0.15, 0.2) is 0 Å². The van der Waals surface area contributed by atoms with Crippen LogP contribution in [0.2, 0.25) is 0 Å². The van der Waals surface area contributed by atoms with Crippen molar-refractivity contribution in [1.82, 2.24) is 10.2 Å². The SMILES string of the molecule is CC(C)(C)CCc1nnc(CC(C)(C)CC(=O)O)o1. The van der Waals surface area contributed by atoms with Crippen molar-refractivity contribution in [1.29, 1.82) is 0 Å². The lowest BCUT2D eigenvalue weighted by molar-refractivity contribution is -0.139. The predicted molar refractivity (Wildman–Crippen MR) is 71.8 cm³/mol. The summed E-state index contributed by atoms with van der Waals surface area (Å²) in [6.45, 7) is 10.3. The molecule has 1 heterocycles. The highest BCUT2D eigenvalue weighted by atomic mass is 16.4. The van der Waals surface area contributed by atoms with Crippen LogP contribution in [-0.2, 0) is 17.6 Å². The minimum absolute atomic E-state index is 0.0900. The number of aryl methyl sites for hydroxylation is 1. The van der Waals surface area contributed by atoms with Gasteiger partial charge in [0.25, 0.3) is 0 Å². The van der Waals surface area contributed by atoms with Gasteiger partial charge in [0.05, 0.1) is 6.42 Å². The van der Waals surface area contributed by atoms with Crippen LogP contribution in [0.25, 0.3) is 0 Å². The van der Waals surface area contributed by atoms with Gasteiger partial charge in [0, 0.05) is 12.8 Å². The van der Waals surface area contributed by atoms with Crippen molar-refractivity contribution < 1.29 is 14.3 Å². The molecule has 0 aliphatic rings. The van der Waals surface area contributed by atoms with Crippen LogP contribution < -0.4 is 0 Å². The van der Waals surface area contributed by atoms with Crippen LogP contribution in [-0.4, -0.2) is 21.3 Å². The smallest absolute Gasteiger partial charge is 0.303 e. The maximum absolute atomic E-state index is 10.8. The second-order valence-corrected chi connectivity index (χ2v) is 7.06. The molecule has 0 saturated heterocycles. The van der Waals surface area contributed by atoms with Crippen molar-refractivity contribution in [3.8, 4) is 0 Å². The third-order valence-electron chi connectivity index (χ3n) is 2.86. The first-order chi connectivity index (χ1) is 8.57. The topological polar surface area (TPSA) is 76.2 Å². The van der Waals surface area contributed by atoms with Gasteiger partial charge in [0.2, 0.25) is 11.8 Å². The summed E-state index contributed by atoms with van der Waals surface area (Å²) in [4.78, 5) is 10.8. The molecule has 0 spiro atoms. The number of rotatable bonds is 6. The Balaban J connectivity index is 2.57. The Morgan fingerprint density at radius 3 is 2.26 bits per heavy atom. The molecule has 0 bridgehead atoms. The first-order valence-corrected chi connectivity index (χ1v) is 6.60. The van der Waals surface area contributed by atoms with E-state index in [0.29, 0.717) is 18.2 Å². The monoisotopic (exact) mass is 268 g/mol. The van der Waals surface area contributed by atoms with Crippen LogP contribution in [0.3, 0.4) is 0 Å². The first kappa shape index (κ1) is 15.7. The van der Waals surface area contributed by atoms with Gasteiger partial charge in [-0.1, -0.05) is 34.6 Å². The fraction of sp³-hybridized carbons (Fsp3) is 0.786. The van der Waals surface area contributed by atoms with Crippen LogP contribution in [0.5, 0.6) is 0 Å². The fourth-order valence-corrected chi connectivity index (χ4v) is 1.82. The molecular weight excluding hydrogens is 244 g/mol. The molecule has 0 radical (unpaired) electrons. The van der Waals surface area contributed by atoms with E-state index in [9.17, 15) is 4.79 Å². The maximum atomic E-state index is 10.8. The van der Waals surface area contributed by atoms with E-state index in [-0.39, 0.29) is 17.3 Å². The molecule has 1 aromatic heterocycles. The standard InChI is InChI=1S/C14H24N2O3/c1-13(2,3)7-6-10-15-16-11(19-10)8-14(4,5)9-12(17)18/h6-9H2,1-5H3,(H,17,18). The Morgan fingerprint density at radius 1 is 1.16 bits per heavy atom. The minimum atomic E-state index is -0.808. The molecule has 0 amide bonds. The molecule has 0 unspecified atom stereocenters. The normalized spacial score (nSPS) is 12.7. The molecule has 0 saturated carbocycles. The molecule has 1 aromatic rings. The van der Waals surface area contributed by atoms with E-state index in [2.05, 4.69) is 31.0 Å². The second kappa shape index (κ2) is 5.72. The Morgan fingerprint density at radius 2 is 1.74 bits per heavy atom. The van der Waals surface area contributed by atoms with Crippen LogP contribution >= 0.6 is 0 Å². The number of carboxylic acid groups (broad SMARTS) is 1. The average Bonchev–Trinajstić information content (AvgIpc) is 2.58. The molecule has 1 N–H and O–H groups in total. The van der Waals surface area contributed by atoms with E-state index in [1.807, 2.05) is 13.8 Å². The summed E-state index contributed by atoms with van der Waals surface area (Å²) in [5, 5.41) is 16.9. The Bertz CT molecular complexity index is 430. The fourth-order valence-electron chi connectivity index (χ4n) is 1.82. The summed E-state index contributed by atoms with van der Waals surface area (Å²) in [5.41, 5.74) is -0.142. The van der Waals surface area contributed by atoms with Gasteiger partial charge >= 0.3 is 5.97 Å². The van der Waals surface area contributed by atoms with Gasteiger partial charge in [-0.15, -0.1) is 10.2 Å². The van der Waals surface area contributed by atoms with Crippen LogP contribution in [0, 0.1) is 10.8 Å². The Kier molecular flexibility index (Phi) is 4.71. The summed E-state index contributed by atoms with van der Waals surface area (Å²) in [6, 6.07) is 0. The highest BCUT2D eigenvalue weighted by Gasteiger charge is 2.25. The van der Waals surface area contributed by atoms with Gasteiger partial charge in [0.1, 0.15) is 0 Å². The Labute approximate surface area is 114 Å². The third-order valence-corrected chi connectivity index (χ3v) is 2.86. The molecule has 1 rings (SSSR count). The van der Waals surface area contributed by atoms with Gasteiger partial charge in [-0.25, -0.2) is 0 Å². The molecule has 0 atom stereocenters. The quantitative estimate of drug-likeness (QED) is 0.858. The largest absolute Gasteiger partial charge is 0.481 e. The number of hydrogen-bond acceptors (Lipinski definition) is 4. The number of carboxylic acids is 1. The van der Waals surface area contributed by atoms with E-state index >= 15 is 0 Å². The lowest BCUT2D eigenvalue weighted by Crippen LogP contribution is -2.19. The zero-order valence-corrected chi connectivity index (χ0v) is 12.5. The van der Waals surface area contributed by atoms with Crippen molar-refractivity contribution in [3.63, 3.8) is 0 Å². The second-order valence-electron chi connectivity index (χ2n) is 7.06. The number of hydrogen-bond donors (Lipinski definition) is 1. The molecule has 0 aliphatic heterocycles. The van der Waals surface area contributed by atoms with E-state index in [1.165, 1.54) is 0 Å². The Hall–Kier alpha value is -1.39. The predicted octanol–water partition coefficient (Wildman–Crippen LogP) is 3.09. The van der Waals surface area contributed by atoms with E-state index in [0.717, 1.165) is 12.8 Å². The zero-order valence-electron chi connectivity index (χ0n) is 12.5. The van der Waals surface area contributed by atoms with Gasteiger partial charge in [-0.2, -0.15) is 0 Å². The summed E-state index contributed by atoms with van der Waals surface area (Å²) >= 11 is 0. The van der Waals surface area contributed by atoms with Crippen molar-refractivity contribution in [2.24, 2.45) is 10.8 Å². The van der Waals surface area contributed by atoms with Gasteiger partial charge < -0.3 is 9.52 Å². The lowest BCUT2D eigenvalue weighted by atomic mass is 9.86. The molecule has 5 nitrogen and oxygen atoms in total. The lowest BCUT2D eigenvalue weighted by Gasteiger charge is -2.19. The number of aromatic nitrogens is 2. The first-order valence-electron chi connectivity index (χ1n) is 6.60. The summed E-state index contributed by atoms with van der Waals surface area (Å²) in [7, 11) is 0. The summed E-state index contributed by atoms with van der Waals surface area (Å²) < 4.78 is 5.58. The molecule has 0 aromatic carbocycles. The van der Waals surface area contributed by atoms with E-state index in [1.54, 1.807) is 0 Å².